The van der Waals surface area contributed by atoms with Gasteiger partial charge in [-0.2, -0.15) is 0 Å². The van der Waals surface area contributed by atoms with Gasteiger partial charge in [0.25, 0.3) is 0 Å². The molecule has 3 atom stereocenters. The third kappa shape index (κ3) is 1.75. The van der Waals surface area contributed by atoms with Crippen LogP contribution in [0, 0.1) is 5.92 Å². The fraction of sp³-hybridized carbons (Fsp3) is 0.538. The van der Waals surface area contributed by atoms with E-state index in [-0.39, 0.29) is 5.92 Å². The zero-order chi connectivity index (χ0) is 11.8. The van der Waals surface area contributed by atoms with E-state index in [1.807, 2.05) is 49.2 Å². The van der Waals surface area contributed by atoms with Gasteiger partial charge in [-0.25, -0.2) is 0 Å². The molecule has 0 spiro atoms. The summed E-state index contributed by atoms with van der Waals surface area (Å²) in [5, 5.41) is 20.9. The van der Waals surface area contributed by atoms with Crippen LogP contribution in [0.15, 0.2) is 30.3 Å². The van der Waals surface area contributed by atoms with Crippen molar-refractivity contribution in [1.82, 2.24) is 4.90 Å². The van der Waals surface area contributed by atoms with E-state index in [1.165, 1.54) is 0 Å². The molecule has 1 fully saturated rings. The van der Waals surface area contributed by atoms with E-state index in [1.54, 1.807) is 0 Å². The summed E-state index contributed by atoms with van der Waals surface area (Å²) in [6.07, 6.45) is -0.733. The predicted octanol–water partition coefficient (Wildman–Crippen LogP) is 0.817. The Kier molecular flexibility index (Phi) is 3.02. The molecule has 1 aromatic rings. The Balaban J connectivity index is 2.36. The van der Waals surface area contributed by atoms with Crippen LogP contribution in [-0.4, -0.2) is 41.4 Å². The van der Waals surface area contributed by atoms with Gasteiger partial charge in [-0.15, -0.1) is 0 Å². The van der Waals surface area contributed by atoms with E-state index < -0.39 is 11.7 Å². The molecule has 0 bridgehead atoms. The van der Waals surface area contributed by atoms with E-state index in [0.717, 1.165) is 12.1 Å². The maximum Gasteiger partial charge on any atom is 0.120 e. The van der Waals surface area contributed by atoms with Crippen molar-refractivity contribution in [2.24, 2.45) is 5.92 Å². The van der Waals surface area contributed by atoms with Crippen molar-refractivity contribution in [3.05, 3.63) is 35.9 Å². The number of β-amino-alcohol motifs (C(OH)–C–C–N with tert-alkyl or cyclic N) is 1. The van der Waals surface area contributed by atoms with Crippen LogP contribution in [0.2, 0.25) is 0 Å². The smallest absolute Gasteiger partial charge is 0.120 e. The average molecular weight is 221 g/mol. The van der Waals surface area contributed by atoms with Crippen LogP contribution >= 0.6 is 0 Å². The van der Waals surface area contributed by atoms with Crippen molar-refractivity contribution in [2.75, 3.05) is 20.1 Å². The highest BCUT2D eigenvalue weighted by Crippen LogP contribution is 2.36. The van der Waals surface area contributed by atoms with E-state index in [9.17, 15) is 10.2 Å². The molecule has 0 amide bonds. The van der Waals surface area contributed by atoms with E-state index >= 15 is 0 Å². The van der Waals surface area contributed by atoms with E-state index in [4.69, 9.17) is 0 Å². The Labute approximate surface area is 96.3 Å². The lowest BCUT2D eigenvalue weighted by Crippen LogP contribution is -2.57. The van der Waals surface area contributed by atoms with Crippen LogP contribution in [0.5, 0.6) is 0 Å². The molecular weight excluding hydrogens is 202 g/mol. The van der Waals surface area contributed by atoms with Crippen LogP contribution in [0.25, 0.3) is 0 Å². The maximum absolute atomic E-state index is 10.7. The van der Waals surface area contributed by atoms with Crippen molar-refractivity contribution in [2.45, 2.75) is 18.6 Å². The van der Waals surface area contributed by atoms with Gasteiger partial charge in [-0.1, -0.05) is 37.3 Å². The van der Waals surface area contributed by atoms with Gasteiger partial charge in [0.1, 0.15) is 5.60 Å². The number of aliphatic hydroxyl groups is 2. The number of piperidine rings is 1. The van der Waals surface area contributed by atoms with Gasteiger partial charge in [0.05, 0.1) is 6.10 Å². The zero-order valence-electron chi connectivity index (χ0n) is 9.80. The predicted molar refractivity (Wildman–Crippen MR) is 63.0 cm³/mol. The number of nitrogens with zero attached hydrogens (tertiary/aromatic N) is 1. The molecule has 3 nitrogen and oxygen atoms in total. The first-order valence-electron chi connectivity index (χ1n) is 5.69. The second-order valence-electron chi connectivity index (χ2n) is 4.83. The Morgan fingerprint density at radius 1 is 1.25 bits per heavy atom. The SMILES string of the molecule is CC1CN(C)C[C@H](O)[C@@]1(O)c1ccccc1. The summed E-state index contributed by atoms with van der Waals surface area (Å²) < 4.78 is 0. The Hall–Kier alpha value is -0.900. The molecule has 88 valence electrons. The van der Waals surface area contributed by atoms with Crippen molar-refractivity contribution in [1.29, 1.82) is 0 Å². The van der Waals surface area contributed by atoms with Crippen LogP contribution in [0.3, 0.4) is 0 Å². The average Bonchev–Trinajstić information content (AvgIpc) is 2.27. The fourth-order valence-electron chi connectivity index (χ4n) is 2.63. The highest BCUT2D eigenvalue weighted by molar-refractivity contribution is 5.26. The van der Waals surface area contributed by atoms with Crippen molar-refractivity contribution < 1.29 is 10.2 Å². The van der Waals surface area contributed by atoms with Crippen LogP contribution in [-0.2, 0) is 5.60 Å². The maximum atomic E-state index is 10.7. The summed E-state index contributed by atoms with van der Waals surface area (Å²) in [7, 11) is 1.96. The summed E-state index contributed by atoms with van der Waals surface area (Å²) in [6.45, 7) is 3.28. The molecule has 1 aliphatic heterocycles. The normalized spacial score (nSPS) is 36.2. The number of benzene rings is 1. The standard InChI is InChI=1S/C13H19NO2/c1-10-8-14(2)9-12(15)13(10,16)11-6-4-3-5-7-11/h3-7,10,12,15-16H,8-9H2,1-2H3/t10?,12-,13-/m0/s1. The lowest BCUT2D eigenvalue weighted by atomic mass is 9.75. The molecular formula is C13H19NO2. The minimum Gasteiger partial charge on any atom is -0.388 e. The highest BCUT2D eigenvalue weighted by Gasteiger charge is 2.46. The molecule has 1 aromatic carbocycles. The van der Waals surface area contributed by atoms with E-state index in [0.29, 0.717) is 6.54 Å². The molecule has 2 rings (SSSR count). The van der Waals surface area contributed by atoms with Gasteiger partial charge in [0.15, 0.2) is 0 Å². The van der Waals surface area contributed by atoms with Gasteiger partial charge >= 0.3 is 0 Å². The monoisotopic (exact) mass is 221 g/mol. The van der Waals surface area contributed by atoms with Crippen molar-refractivity contribution in [3.63, 3.8) is 0 Å². The second-order valence-corrected chi connectivity index (χ2v) is 4.83. The number of likely N-dealkylation sites (tertiary alicyclic amines) is 1. The molecule has 0 aliphatic carbocycles. The summed E-state index contributed by atoms with van der Waals surface area (Å²) >= 11 is 0. The molecule has 1 aliphatic rings. The zero-order valence-corrected chi connectivity index (χ0v) is 9.80. The molecule has 1 saturated heterocycles. The van der Waals surface area contributed by atoms with Crippen molar-refractivity contribution >= 4 is 0 Å². The highest BCUT2D eigenvalue weighted by atomic mass is 16.3. The summed E-state index contributed by atoms with van der Waals surface area (Å²) in [5.74, 6) is 0.0173. The largest absolute Gasteiger partial charge is 0.388 e. The van der Waals surface area contributed by atoms with E-state index in [2.05, 4.69) is 0 Å². The lowest BCUT2D eigenvalue weighted by Gasteiger charge is -2.45. The second kappa shape index (κ2) is 4.17. The number of aliphatic hydroxyl groups excluding tert-OH is 1. The van der Waals surface area contributed by atoms with Crippen LogP contribution < -0.4 is 0 Å². The van der Waals surface area contributed by atoms with Gasteiger partial charge < -0.3 is 15.1 Å². The fourth-order valence-corrected chi connectivity index (χ4v) is 2.63. The quantitative estimate of drug-likeness (QED) is 0.738. The summed E-state index contributed by atoms with van der Waals surface area (Å²) in [5.41, 5.74) is -0.309. The first kappa shape index (κ1) is 11.6. The Bertz CT molecular complexity index is 340. The molecule has 16 heavy (non-hydrogen) atoms. The number of likely N-dealkylation sites (N-methyl/N-ethyl adjacent to an activating group) is 1. The lowest BCUT2D eigenvalue weighted by molar-refractivity contribution is -0.153. The van der Waals surface area contributed by atoms with Gasteiger partial charge in [0, 0.05) is 19.0 Å². The van der Waals surface area contributed by atoms with Gasteiger partial charge in [-0.05, 0) is 12.6 Å². The molecule has 0 saturated carbocycles. The van der Waals surface area contributed by atoms with Gasteiger partial charge in [0.2, 0.25) is 0 Å². The minimum atomic E-state index is -1.12. The Morgan fingerprint density at radius 2 is 1.88 bits per heavy atom. The van der Waals surface area contributed by atoms with Crippen LogP contribution in [0.4, 0.5) is 0 Å². The first-order valence-corrected chi connectivity index (χ1v) is 5.69. The number of hydrogen-bond donors (Lipinski definition) is 2. The third-order valence-electron chi connectivity index (χ3n) is 3.57. The topological polar surface area (TPSA) is 43.7 Å². The molecule has 3 heteroatoms. The summed E-state index contributed by atoms with van der Waals surface area (Å²) in [4.78, 5) is 2.05. The first-order chi connectivity index (χ1) is 7.55. The Morgan fingerprint density at radius 3 is 2.44 bits per heavy atom. The molecule has 0 aromatic heterocycles. The molecule has 0 radical (unpaired) electrons. The number of rotatable bonds is 1. The minimum absolute atomic E-state index is 0.0173. The third-order valence-corrected chi connectivity index (χ3v) is 3.57. The molecule has 1 unspecified atom stereocenters. The molecule has 1 heterocycles. The van der Waals surface area contributed by atoms with Crippen molar-refractivity contribution in [3.8, 4) is 0 Å². The number of hydrogen-bond acceptors (Lipinski definition) is 3. The van der Waals surface area contributed by atoms with Gasteiger partial charge in [-0.3, -0.25) is 0 Å². The molecule has 2 N–H and O–H groups in total. The summed E-state index contributed by atoms with van der Waals surface area (Å²) in [6, 6.07) is 9.46. The van der Waals surface area contributed by atoms with Crippen LogP contribution in [0.1, 0.15) is 12.5 Å².